The third-order valence-electron chi connectivity index (χ3n) is 2.09. The molecule has 0 spiro atoms. The maximum atomic E-state index is 5.63. The minimum atomic E-state index is -3.31. The van der Waals surface area contributed by atoms with Gasteiger partial charge in [-0.2, -0.15) is 0 Å². The predicted molar refractivity (Wildman–Crippen MR) is 91.2 cm³/mol. The minimum absolute atomic E-state index is 0.499. The molecule has 0 amide bonds. The van der Waals surface area contributed by atoms with Gasteiger partial charge < -0.3 is 0 Å². The Morgan fingerprint density at radius 2 is 0.913 bits per heavy atom. The summed E-state index contributed by atoms with van der Waals surface area (Å²) >= 11 is 0. The minimum Gasteiger partial charge on any atom is -0.237 e. The molecule has 0 saturated heterocycles. The van der Waals surface area contributed by atoms with E-state index in [2.05, 4.69) is 6.92 Å². The molecule has 0 N–H and O–H groups in total. The van der Waals surface area contributed by atoms with Crippen LogP contribution in [-0.4, -0.2) is 25.6 Å². The number of unbranched alkanes of at least 4 members (excludes halogenated alkanes) is 1. The van der Waals surface area contributed by atoms with Crippen LogP contribution in [0.5, 0.6) is 0 Å². The molecule has 0 bridgehead atoms. The van der Waals surface area contributed by atoms with Gasteiger partial charge in [0.2, 0.25) is 0 Å². The third-order valence-corrected chi connectivity index (χ3v) is 4.07. The molecule has 6 nitrogen and oxygen atoms in total. The van der Waals surface area contributed by atoms with E-state index >= 15 is 0 Å². The molecule has 0 rings (SSSR count). The Morgan fingerprint density at radius 1 is 0.609 bits per heavy atom. The fourth-order valence-electron chi connectivity index (χ4n) is 1.13. The van der Waals surface area contributed by atoms with Crippen LogP contribution in [0.2, 0.25) is 6.04 Å². The van der Waals surface area contributed by atoms with E-state index in [0.29, 0.717) is 6.04 Å². The van der Waals surface area contributed by atoms with Crippen LogP contribution >= 0.6 is 0 Å². The fourth-order valence-corrected chi connectivity index (χ4v) is 3.38. The van der Waals surface area contributed by atoms with Crippen LogP contribution in [0.1, 0.15) is 82.1 Å². The number of hydrogen-bond acceptors (Lipinski definition) is 6. The molecule has 140 valence electrons. The van der Waals surface area contributed by atoms with Gasteiger partial charge in [0.1, 0.15) is 0 Å². The molecule has 0 saturated carbocycles. The zero-order valence-corrected chi connectivity index (χ0v) is 17.6. The zero-order valence-electron chi connectivity index (χ0n) is 16.6. The van der Waals surface area contributed by atoms with Crippen LogP contribution in [0, 0.1) is 0 Å². The summed E-state index contributed by atoms with van der Waals surface area (Å²) in [6.45, 7) is 19.1. The molecule has 23 heavy (non-hydrogen) atoms. The van der Waals surface area contributed by atoms with Crippen molar-refractivity contribution in [2.24, 2.45) is 0 Å². The molecule has 0 aromatic rings. The number of rotatable bonds is 9. The summed E-state index contributed by atoms with van der Waals surface area (Å²) in [5, 5.41) is 0. The van der Waals surface area contributed by atoms with Crippen molar-refractivity contribution in [1.82, 2.24) is 0 Å². The van der Waals surface area contributed by atoms with Gasteiger partial charge in [0.05, 0.1) is 16.8 Å². The Morgan fingerprint density at radius 3 is 1.13 bits per heavy atom. The lowest BCUT2D eigenvalue weighted by Gasteiger charge is -2.33. The van der Waals surface area contributed by atoms with Crippen LogP contribution in [0.25, 0.3) is 0 Å². The van der Waals surface area contributed by atoms with Crippen molar-refractivity contribution < 1.29 is 28.4 Å². The fraction of sp³-hybridized carbons (Fsp3) is 1.00. The van der Waals surface area contributed by atoms with Crippen LogP contribution in [0.4, 0.5) is 0 Å². The van der Waals surface area contributed by atoms with Gasteiger partial charge in [-0.1, -0.05) is 13.3 Å². The maximum absolute atomic E-state index is 5.63. The van der Waals surface area contributed by atoms with Crippen molar-refractivity contribution in [2.75, 3.05) is 0 Å². The van der Waals surface area contributed by atoms with Crippen LogP contribution in [0.15, 0.2) is 0 Å². The SMILES string of the molecule is CCCC[Si](OOC(C)(C)C)(OOC(C)(C)C)OOC(C)(C)C. The second-order valence-corrected chi connectivity index (χ2v) is 11.0. The molecule has 0 atom stereocenters. The van der Waals surface area contributed by atoms with Gasteiger partial charge in [-0.15, -0.1) is 0 Å². The van der Waals surface area contributed by atoms with Gasteiger partial charge in [0, 0.05) is 6.04 Å². The van der Waals surface area contributed by atoms with Gasteiger partial charge >= 0.3 is 8.80 Å². The van der Waals surface area contributed by atoms with Crippen LogP contribution in [-0.2, 0) is 28.4 Å². The molecule has 0 heterocycles. The summed E-state index contributed by atoms with van der Waals surface area (Å²) in [6, 6.07) is 0.533. The monoisotopic (exact) mass is 352 g/mol. The average Bonchev–Trinajstić information content (AvgIpc) is 2.34. The molecule has 0 aliphatic carbocycles. The molecular formula is C16H36O6Si. The Kier molecular flexibility index (Phi) is 8.88. The van der Waals surface area contributed by atoms with E-state index in [9.17, 15) is 0 Å². The lowest BCUT2D eigenvalue weighted by atomic mass is 10.2. The summed E-state index contributed by atoms with van der Waals surface area (Å²) < 4.78 is 16.9. The van der Waals surface area contributed by atoms with E-state index in [1.165, 1.54) is 0 Å². The smallest absolute Gasteiger partial charge is 0.237 e. The highest BCUT2D eigenvalue weighted by molar-refractivity contribution is 6.59. The molecule has 0 unspecified atom stereocenters. The topological polar surface area (TPSA) is 55.4 Å². The van der Waals surface area contributed by atoms with Crippen molar-refractivity contribution in [2.45, 2.75) is 105 Å². The first-order valence-electron chi connectivity index (χ1n) is 8.29. The van der Waals surface area contributed by atoms with Crippen LogP contribution in [0.3, 0.4) is 0 Å². The van der Waals surface area contributed by atoms with Crippen LogP contribution < -0.4 is 0 Å². The molecule has 0 aliphatic heterocycles. The molecule has 0 fully saturated rings. The van der Waals surface area contributed by atoms with Gasteiger partial charge in [-0.05, 0) is 68.7 Å². The van der Waals surface area contributed by atoms with Gasteiger partial charge in [-0.3, -0.25) is 0 Å². The summed E-state index contributed by atoms with van der Waals surface area (Å²) in [4.78, 5) is 16.4. The zero-order chi connectivity index (χ0) is 18.4. The standard InChI is InChI=1S/C16H36O6Si/c1-11-12-13-23(20-17-14(2,3)4,21-18-15(5,6)7)22-19-16(8,9)10/h11-13H2,1-10H3. The summed E-state index contributed by atoms with van der Waals surface area (Å²) in [6.07, 6.45) is 1.81. The molecular weight excluding hydrogens is 316 g/mol. The molecule has 0 aliphatic rings. The summed E-state index contributed by atoms with van der Waals surface area (Å²) in [5.74, 6) is 0. The average molecular weight is 353 g/mol. The Hall–Kier alpha value is -0.0231. The predicted octanol–water partition coefficient (Wildman–Crippen LogP) is 4.97. The molecule has 0 aromatic heterocycles. The van der Waals surface area contributed by atoms with Crippen molar-refractivity contribution in [3.05, 3.63) is 0 Å². The first-order chi connectivity index (χ1) is 10.2. The normalized spacial score (nSPS) is 14.3. The summed E-state index contributed by atoms with van der Waals surface area (Å²) in [5.41, 5.74) is -1.50. The van der Waals surface area contributed by atoms with Gasteiger partial charge in [0.25, 0.3) is 0 Å². The maximum Gasteiger partial charge on any atom is 0.584 e. The first-order valence-corrected chi connectivity index (χ1v) is 10.2. The van der Waals surface area contributed by atoms with Crippen molar-refractivity contribution in [3.8, 4) is 0 Å². The van der Waals surface area contributed by atoms with E-state index in [4.69, 9.17) is 28.4 Å². The third kappa shape index (κ3) is 13.0. The van der Waals surface area contributed by atoms with E-state index in [0.717, 1.165) is 12.8 Å². The second-order valence-electron chi connectivity index (χ2n) is 8.62. The van der Waals surface area contributed by atoms with Gasteiger partial charge in [0.15, 0.2) is 0 Å². The molecule has 0 aromatic carbocycles. The van der Waals surface area contributed by atoms with E-state index in [1.807, 2.05) is 62.3 Å². The van der Waals surface area contributed by atoms with E-state index in [1.54, 1.807) is 0 Å². The van der Waals surface area contributed by atoms with Gasteiger partial charge in [-0.25, -0.2) is 28.4 Å². The number of hydrogen-bond donors (Lipinski definition) is 0. The largest absolute Gasteiger partial charge is 0.584 e. The van der Waals surface area contributed by atoms with E-state index < -0.39 is 25.6 Å². The Balaban J connectivity index is 5.16. The summed E-state index contributed by atoms with van der Waals surface area (Å²) in [7, 11) is -3.31. The lowest BCUT2D eigenvalue weighted by Crippen LogP contribution is -2.50. The first kappa shape index (κ1) is 23.0. The quantitative estimate of drug-likeness (QED) is 0.332. The molecule has 0 radical (unpaired) electrons. The van der Waals surface area contributed by atoms with Crippen molar-refractivity contribution >= 4 is 8.80 Å². The highest BCUT2D eigenvalue weighted by Crippen LogP contribution is 2.27. The second kappa shape index (κ2) is 8.89. The molecule has 7 heteroatoms. The van der Waals surface area contributed by atoms with Crippen molar-refractivity contribution in [3.63, 3.8) is 0 Å². The highest BCUT2D eigenvalue weighted by atomic mass is 28.4. The van der Waals surface area contributed by atoms with Crippen molar-refractivity contribution in [1.29, 1.82) is 0 Å². The lowest BCUT2D eigenvalue weighted by molar-refractivity contribution is -0.410. The van der Waals surface area contributed by atoms with E-state index in [-0.39, 0.29) is 0 Å². The Bertz CT molecular complexity index is 281. The Labute approximate surface area is 142 Å². The highest BCUT2D eigenvalue weighted by Gasteiger charge is 2.49.